The molecule has 2 aliphatic rings. The smallest absolute Gasteiger partial charge is 0.358 e. The predicted octanol–water partition coefficient (Wildman–Crippen LogP) is 2.36. The zero-order chi connectivity index (χ0) is 16.8. The molecule has 1 aromatic heterocycles. The number of ether oxygens (including phenoxy) is 2. The standard InChI is InChI=1S/C16H26N4O4/c21-20(22)15-7-11-19(17-15)14-5-9-18(10-6-14)8-3-13-24-16-4-1-2-12-23-16/h7,11,14,16H,1-6,8-10,12-13H2/t16-/m0/s1. The first-order chi connectivity index (χ1) is 11.7. The van der Waals surface area contributed by atoms with E-state index in [1.807, 2.05) is 0 Å². The van der Waals surface area contributed by atoms with Crippen LogP contribution in [0.25, 0.3) is 0 Å². The monoisotopic (exact) mass is 338 g/mol. The normalized spacial score (nSPS) is 23.4. The van der Waals surface area contributed by atoms with Gasteiger partial charge in [-0.1, -0.05) is 0 Å². The summed E-state index contributed by atoms with van der Waals surface area (Å²) in [5.41, 5.74) is 0. The lowest BCUT2D eigenvalue weighted by Gasteiger charge is -2.31. The van der Waals surface area contributed by atoms with Gasteiger partial charge in [0.25, 0.3) is 0 Å². The molecule has 8 heteroatoms. The summed E-state index contributed by atoms with van der Waals surface area (Å²) in [4.78, 5) is 12.7. The highest BCUT2D eigenvalue weighted by Crippen LogP contribution is 2.23. The topological polar surface area (TPSA) is 82.7 Å². The van der Waals surface area contributed by atoms with Crippen molar-refractivity contribution in [2.24, 2.45) is 0 Å². The van der Waals surface area contributed by atoms with E-state index in [4.69, 9.17) is 9.47 Å². The van der Waals surface area contributed by atoms with Gasteiger partial charge in [-0.15, -0.1) is 0 Å². The summed E-state index contributed by atoms with van der Waals surface area (Å²) in [5.74, 6) is -0.0699. The highest BCUT2D eigenvalue weighted by molar-refractivity contribution is 5.14. The lowest BCUT2D eigenvalue weighted by molar-refractivity contribution is -0.389. The summed E-state index contributed by atoms with van der Waals surface area (Å²) in [6.07, 6.45) is 8.05. The van der Waals surface area contributed by atoms with Crippen LogP contribution in [0.1, 0.15) is 44.6 Å². The lowest BCUT2D eigenvalue weighted by atomic mass is 10.1. The van der Waals surface area contributed by atoms with Gasteiger partial charge in [-0.3, -0.25) is 0 Å². The fourth-order valence-electron chi connectivity index (χ4n) is 3.38. The average molecular weight is 338 g/mol. The molecule has 2 saturated heterocycles. The number of likely N-dealkylation sites (tertiary alicyclic amines) is 1. The minimum absolute atomic E-state index is 0.0000854. The van der Waals surface area contributed by atoms with Crippen molar-refractivity contribution in [3.63, 3.8) is 0 Å². The number of nitro groups is 1. The summed E-state index contributed by atoms with van der Waals surface area (Å²) in [7, 11) is 0. The fourth-order valence-corrected chi connectivity index (χ4v) is 3.38. The molecule has 0 spiro atoms. The van der Waals surface area contributed by atoms with Crippen molar-refractivity contribution >= 4 is 5.82 Å². The average Bonchev–Trinajstić information content (AvgIpc) is 3.11. The summed E-state index contributed by atoms with van der Waals surface area (Å²) >= 11 is 0. The van der Waals surface area contributed by atoms with Gasteiger partial charge < -0.3 is 24.5 Å². The second-order valence-electron chi connectivity index (χ2n) is 6.50. The van der Waals surface area contributed by atoms with Gasteiger partial charge in [0.05, 0.1) is 30.0 Å². The lowest BCUT2D eigenvalue weighted by Crippen LogP contribution is -2.36. The van der Waals surface area contributed by atoms with Gasteiger partial charge in [0.2, 0.25) is 0 Å². The highest BCUT2D eigenvalue weighted by atomic mass is 16.7. The Bertz CT molecular complexity index is 522. The molecule has 2 fully saturated rings. The first-order valence-electron chi connectivity index (χ1n) is 8.87. The molecule has 0 aromatic carbocycles. The molecule has 0 radical (unpaired) electrons. The molecule has 1 atom stereocenters. The largest absolute Gasteiger partial charge is 0.389 e. The van der Waals surface area contributed by atoms with Gasteiger partial charge in [0.1, 0.15) is 0 Å². The number of rotatable bonds is 7. The van der Waals surface area contributed by atoms with Crippen LogP contribution in [0.15, 0.2) is 12.3 Å². The maximum Gasteiger partial charge on any atom is 0.389 e. The summed E-state index contributed by atoms with van der Waals surface area (Å²) < 4.78 is 13.1. The Kier molecular flexibility index (Phi) is 6.17. The molecule has 3 rings (SSSR count). The summed E-state index contributed by atoms with van der Waals surface area (Å²) in [6.45, 7) is 4.59. The van der Waals surface area contributed by atoms with Crippen LogP contribution in [0.4, 0.5) is 5.82 Å². The summed E-state index contributed by atoms with van der Waals surface area (Å²) in [5, 5.41) is 14.8. The van der Waals surface area contributed by atoms with Gasteiger partial charge in [-0.2, -0.15) is 4.68 Å². The number of aromatic nitrogens is 2. The molecule has 0 bridgehead atoms. The molecule has 24 heavy (non-hydrogen) atoms. The molecular weight excluding hydrogens is 312 g/mol. The van der Waals surface area contributed by atoms with Crippen LogP contribution in [0.3, 0.4) is 0 Å². The molecular formula is C16H26N4O4. The Morgan fingerprint density at radius 2 is 2.17 bits per heavy atom. The minimum Gasteiger partial charge on any atom is -0.358 e. The number of hydrogen-bond acceptors (Lipinski definition) is 6. The fraction of sp³-hybridized carbons (Fsp3) is 0.812. The molecule has 1 aromatic rings. The zero-order valence-corrected chi connectivity index (χ0v) is 14.0. The summed E-state index contributed by atoms with van der Waals surface area (Å²) in [6, 6.07) is 1.73. The molecule has 0 unspecified atom stereocenters. The maximum atomic E-state index is 10.7. The molecule has 0 amide bonds. The van der Waals surface area contributed by atoms with Crippen molar-refractivity contribution in [2.45, 2.75) is 50.9 Å². The van der Waals surface area contributed by atoms with Crippen molar-refractivity contribution in [3.05, 3.63) is 22.4 Å². The quantitative estimate of drug-likeness (QED) is 0.431. The van der Waals surface area contributed by atoms with E-state index in [1.54, 1.807) is 10.9 Å². The predicted molar refractivity (Wildman–Crippen MR) is 87.8 cm³/mol. The number of piperidine rings is 1. The van der Waals surface area contributed by atoms with Crippen molar-refractivity contribution in [1.29, 1.82) is 0 Å². The Hall–Kier alpha value is -1.51. The van der Waals surface area contributed by atoms with E-state index >= 15 is 0 Å². The van der Waals surface area contributed by atoms with Gasteiger partial charge in [0.15, 0.2) is 6.29 Å². The molecule has 8 nitrogen and oxygen atoms in total. The van der Waals surface area contributed by atoms with Crippen molar-refractivity contribution in [2.75, 3.05) is 32.8 Å². The number of nitrogens with zero attached hydrogens (tertiary/aromatic N) is 4. The molecule has 0 N–H and O–H groups in total. The Balaban J connectivity index is 1.32. The Morgan fingerprint density at radius 1 is 1.33 bits per heavy atom. The van der Waals surface area contributed by atoms with Crippen LogP contribution in [0.5, 0.6) is 0 Å². The third-order valence-corrected chi connectivity index (χ3v) is 4.77. The molecule has 0 saturated carbocycles. The van der Waals surface area contributed by atoms with Crippen LogP contribution in [-0.4, -0.2) is 58.7 Å². The molecule has 134 valence electrons. The van der Waals surface area contributed by atoms with Crippen LogP contribution in [0, 0.1) is 10.1 Å². The third kappa shape index (κ3) is 4.75. The van der Waals surface area contributed by atoms with Crippen molar-refractivity contribution in [3.8, 4) is 0 Å². The van der Waals surface area contributed by atoms with Crippen molar-refractivity contribution in [1.82, 2.24) is 14.7 Å². The third-order valence-electron chi connectivity index (χ3n) is 4.77. The highest BCUT2D eigenvalue weighted by Gasteiger charge is 2.24. The molecule has 3 heterocycles. The maximum absolute atomic E-state index is 10.7. The number of hydrogen-bond donors (Lipinski definition) is 0. The van der Waals surface area contributed by atoms with Gasteiger partial charge in [-0.05, 0) is 43.4 Å². The molecule has 0 aliphatic carbocycles. The van der Waals surface area contributed by atoms with Crippen LogP contribution < -0.4 is 0 Å². The van der Waals surface area contributed by atoms with Gasteiger partial charge in [0, 0.05) is 26.2 Å². The van der Waals surface area contributed by atoms with Gasteiger partial charge >= 0.3 is 5.82 Å². The first kappa shape index (κ1) is 17.3. The van der Waals surface area contributed by atoms with Gasteiger partial charge in [-0.25, -0.2) is 0 Å². The van der Waals surface area contributed by atoms with Crippen LogP contribution >= 0.6 is 0 Å². The van der Waals surface area contributed by atoms with Crippen LogP contribution in [0.2, 0.25) is 0 Å². The van der Waals surface area contributed by atoms with E-state index in [-0.39, 0.29) is 18.1 Å². The molecule has 2 aliphatic heterocycles. The van der Waals surface area contributed by atoms with E-state index in [0.717, 1.165) is 65.0 Å². The Labute approximate surface area is 141 Å². The zero-order valence-electron chi connectivity index (χ0n) is 14.0. The second kappa shape index (κ2) is 8.55. The minimum atomic E-state index is -0.443. The van der Waals surface area contributed by atoms with E-state index in [9.17, 15) is 10.1 Å². The second-order valence-corrected chi connectivity index (χ2v) is 6.50. The Morgan fingerprint density at radius 3 is 2.83 bits per heavy atom. The first-order valence-corrected chi connectivity index (χ1v) is 8.87. The van der Waals surface area contributed by atoms with Crippen molar-refractivity contribution < 1.29 is 14.4 Å². The van der Waals surface area contributed by atoms with E-state index in [1.165, 1.54) is 12.5 Å². The SMILES string of the molecule is O=[N+]([O-])c1ccn(C2CCN(CCCO[C@H]3CCCCO3)CC2)n1. The van der Waals surface area contributed by atoms with E-state index in [0.29, 0.717) is 0 Å². The van der Waals surface area contributed by atoms with E-state index < -0.39 is 4.92 Å². The van der Waals surface area contributed by atoms with Crippen LogP contribution in [-0.2, 0) is 9.47 Å². The van der Waals surface area contributed by atoms with E-state index in [2.05, 4.69) is 10.00 Å².